The highest BCUT2D eigenvalue weighted by molar-refractivity contribution is 6.32. The number of hydrogen-bond donors (Lipinski definition) is 2. The van der Waals surface area contributed by atoms with Crippen LogP contribution in [0.1, 0.15) is 5.56 Å². The van der Waals surface area contributed by atoms with E-state index in [0.29, 0.717) is 42.8 Å². The van der Waals surface area contributed by atoms with Crippen LogP contribution < -0.4 is 15.4 Å². The van der Waals surface area contributed by atoms with Crippen molar-refractivity contribution in [1.82, 2.24) is 10.3 Å². The van der Waals surface area contributed by atoms with Gasteiger partial charge in [-0.25, -0.2) is 0 Å². The average Bonchev–Trinajstić information content (AvgIpc) is 2.62. The zero-order chi connectivity index (χ0) is 16.8. The first-order valence-corrected chi connectivity index (χ1v) is 8.03. The van der Waals surface area contributed by atoms with Gasteiger partial charge in [0.2, 0.25) is 5.91 Å². The van der Waals surface area contributed by atoms with Crippen LogP contribution in [-0.4, -0.2) is 36.7 Å². The lowest BCUT2D eigenvalue weighted by molar-refractivity contribution is -0.120. The van der Waals surface area contributed by atoms with Crippen LogP contribution >= 0.6 is 11.6 Å². The van der Waals surface area contributed by atoms with Gasteiger partial charge in [0.05, 0.1) is 18.2 Å². The van der Waals surface area contributed by atoms with Gasteiger partial charge in [-0.1, -0.05) is 17.7 Å². The smallest absolute Gasteiger partial charge is 0.243 e. The predicted octanol–water partition coefficient (Wildman–Crippen LogP) is 2.24. The maximum absolute atomic E-state index is 12.1. The fourth-order valence-corrected chi connectivity index (χ4v) is 2.54. The van der Waals surface area contributed by atoms with Gasteiger partial charge in [-0.2, -0.15) is 0 Å². The lowest BCUT2D eigenvalue weighted by Crippen LogP contribution is -2.48. The molecule has 126 valence electrons. The fraction of sp³-hybridized carbons (Fsp3) is 0.294. The van der Waals surface area contributed by atoms with Crippen molar-refractivity contribution in [2.45, 2.75) is 12.6 Å². The molecule has 1 unspecified atom stereocenters. The summed E-state index contributed by atoms with van der Waals surface area (Å²) >= 11 is 6.23. The molecule has 1 aromatic carbocycles. The molecule has 24 heavy (non-hydrogen) atoms. The van der Waals surface area contributed by atoms with Crippen LogP contribution in [0.5, 0.6) is 5.75 Å². The molecule has 6 nitrogen and oxygen atoms in total. The van der Waals surface area contributed by atoms with Crippen molar-refractivity contribution in [3.63, 3.8) is 0 Å². The summed E-state index contributed by atoms with van der Waals surface area (Å²) in [6.45, 7) is 2.03. The van der Waals surface area contributed by atoms with E-state index in [0.717, 1.165) is 5.56 Å². The average molecular weight is 348 g/mol. The normalized spacial score (nSPS) is 17.3. The third-order valence-corrected chi connectivity index (χ3v) is 3.85. The summed E-state index contributed by atoms with van der Waals surface area (Å²) in [4.78, 5) is 16.2. The topological polar surface area (TPSA) is 72.5 Å². The standard InChI is InChI=1S/C17H18ClN3O3/c18-14-8-13(21-17(22)15-11-23-7-6-20-15)3-4-16(14)24-10-12-2-1-5-19-9-12/h1-5,8-9,15,20H,6-7,10-11H2,(H,21,22). The molecule has 1 aliphatic heterocycles. The van der Waals surface area contributed by atoms with Crippen LogP contribution in [0.2, 0.25) is 5.02 Å². The number of amides is 1. The number of nitrogens with one attached hydrogen (secondary N) is 2. The van der Waals surface area contributed by atoms with E-state index in [4.69, 9.17) is 21.1 Å². The van der Waals surface area contributed by atoms with Crippen LogP contribution in [0, 0.1) is 0 Å². The maximum atomic E-state index is 12.1. The first-order valence-electron chi connectivity index (χ1n) is 7.65. The van der Waals surface area contributed by atoms with Gasteiger partial charge < -0.3 is 20.1 Å². The minimum Gasteiger partial charge on any atom is -0.487 e. The Morgan fingerprint density at radius 2 is 2.38 bits per heavy atom. The summed E-state index contributed by atoms with van der Waals surface area (Å²) in [6, 6.07) is 8.59. The third-order valence-electron chi connectivity index (χ3n) is 3.55. The number of pyridine rings is 1. The van der Waals surface area contributed by atoms with Gasteiger partial charge in [0.1, 0.15) is 18.4 Å². The molecule has 2 aromatic rings. The highest BCUT2D eigenvalue weighted by Gasteiger charge is 2.21. The second-order valence-corrected chi connectivity index (χ2v) is 5.77. The number of rotatable bonds is 5. The van der Waals surface area contributed by atoms with E-state index >= 15 is 0 Å². The van der Waals surface area contributed by atoms with Crippen LogP contribution in [0.3, 0.4) is 0 Å². The minimum atomic E-state index is -0.348. The number of nitrogens with zero attached hydrogens (tertiary/aromatic N) is 1. The minimum absolute atomic E-state index is 0.144. The number of hydrogen-bond acceptors (Lipinski definition) is 5. The van der Waals surface area contributed by atoms with E-state index in [-0.39, 0.29) is 11.9 Å². The van der Waals surface area contributed by atoms with Gasteiger partial charge in [0, 0.05) is 30.2 Å². The second kappa shape index (κ2) is 8.10. The summed E-state index contributed by atoms with van der Waals surface area (Å²) in [5.41, 5.74) is 1.57. The van der Waals surface area contributed by atoms with E-state index in [9.17, 15) is 4.79 Å². The quantitative estimate of drug-likeness (QED) is 0.868. The van der Waals surface area contributed by atoms with Crippen molar-refractivity contribution in [2.75, 3.05) is 25.1 Å². The van der Waals surface area contributed by atoms with E-state index in [1.54, 1.807) is 30.6 Å². The molecule has 7 heteroatoms. The largest absolute Gasteiger partial charge is 0.487 e. The zero-order valence-electron chi connectivity index (χ0n) is 13.0. The molecule has 0 bridgehead atoms. The van der Waals surface area contributed by atoms with Crippen LogP contribution in [0.25, 0.3) is 0 Å². The Morgan fingerprint density at radius 1 is 1.46 bits per heavy atom. The van der Waals surface area contributed by atoms with Gasteiger partial charge in [-0.05, 0) is 24.3 Å². The Hall–Kier alpha value is -2.15. The van der Waals surface area contributed by atoms with E-state index in [2.05, 4.69) is 15.6 Å². The number of anilines is 1. The van der Waals surface area contributed by atoms with Gasteiger partial charge >= 0.3 is 0 Å². The van der Waals surface area contributed by atoms with Gasteiger partial charge in [-0.3, -0.25) is 9.78 Å². The molecule has 1 fully saturated rings. The molecule has 0 radical (unpaired) electrons. The summed E-state index contributed by atoms with van der Waals surface area (Å²) in [7, 11) is 0. The van der Waals surface area contributed by atoms with Crippen molar-refractivity contribution in [1.29, 1.82) is 0 Å². The molecule has 1 aliphatic rings. The molecule has 1 aromatic heterocycles. The fourth-order valence-electron chi connectivity index (χ4n) is 2.30. The molecular formula is C17H18ClN3O3. The van der Waals surface area contributed by atoms with Crippen LogP contribution in [0.4, 0.5) is 5.69 Å². The number of morpholine rings is 1. The summed E-state index contributed by atoms with van der Waals surface area (Å²) in [5.74, 6) is 0.410. The van der Waals surface area contributed by atoms with Crippen molar-refractivity contribution in [2.24, 2.45) is 0 Å². The molecule has 2 N–H and O–H groups in total. The van der Waals surface area contributed by atoms with Gasteiger partial charge in [-0.15, -0.1) is 0 Å². The number of carbonyl (C=O) groups excluding carboxylic acids is 1. The number of halogens is 1. The van der Waals surface area contributed by atoms with E-state index in [1.165, 1.54) is 0 Å². The molecule has 0 spiro atoms. The van der Waals surface area contributed by atoms with Gasteiger partial charge in [0.15, 0.2) is 0 Å². The van der Waals surface area contributed by atoms with Gasteiger partial charge in [0.25, 0.3) is 0 Å². The van der Waals surface area contributed by atoms with E-state index < -0.39 is 0 Å². The number of ether oxygens (including phenoxy) is 2. The molecule has 1 amide bonds. The lowest BCUT2D eigenvalue weighted by atomic mass is 10.2. The molecule has 2 heterocycles. The zero-order valence-corrected chi connectivity index (χ0v) is 13.8. The van der Waals surface area contributed by atoms with Crippen LogP contribution in [-0.2, 0) is 16.1 Å². The number of benzene rings is 1. The summed E-state index contributed by atoms with van der Waals surface area (Å²) in [6.07, 6.45) is 3.45. The maximum Gasteiger partial charge on any atom is 0.243 e. The SMILES string of the molecule is O=C(Nc1ccc(OCc2cccnc2)c(Cl)c1)C1COCCN1. The van der Waals surface area contributed by atoms with Crippen molar-refractivity contribution in [3.8, 4) is 5.75 Å². The first-order chi connectivity index (χ1) is 11.7. The highest BCUT2D eigenvalue weighted by atomic mass is 35.5. The Kier molecular flexibility index (Phi) is 5.63. The van der Waals surface area contributed by atoms with E-state index in [1.807, 2.05) is 12.1 Å². The monoisotopic (exact) mass is 347 g/mol. The molecule has 0 aliphatic carbocycles. The Morgan fingerprint density at radius 3 is 3.08 bits per heavy atom. The second-order valence-electron chi connectivity index (χ2n) is 5.37. The van der Waals surface area contributed by atoms with Crippen molar-refractivity contribution in [3.05, 3.63) is 53.3 Å². The third kappa shape index (κ3) is 4.44. The Balaban J connectivity index is 1.58. The summed E-state index contributed by atoms with van der Waals surface area (Å²) < 4.78 is 11.0. The molecular weight excluding hydrogens is 330 g/mol. The molecule has 0 saturated carbocycles. The summed E-state index contributed by atoms with van der Waals surface area (Å²) in [5, 5.41) is 6.36. The number of aromatic nitrogens is 1. The first kappa shape index (κ1) is 16.7. The lowest BCUT2D eigenvalue weighted by Gasteiger charge is -2.23. The Bertz CT molecular complexity index is 691. The van der Waals surface area contributed by atoms with Crippen LogP contribution in [0.15, 0.2) is 42.7 Å². The highest BCUT2D eigenvalue weighted by Crippen LogP contribution is 2.28. The van der Waals surface area contributed by atoms with Crippen molar-refractivity contribution >= 4 is 23.2 Å². The molecule has 3 rings (SSSR count). The molecule has 1 atom stereocenters. The Labute approximate surface area is 145 Å². The molecule has 1 saturated heterocycles. The predicted molar refractivity (Wildman–Crippen MR) is 91.3 cm³/mol. The number of carbonyl (C=O) groups is 1. The van der Waals surface area contributed by atoms with Crippen molar-refractivity contribution < 1.29 is 14.3 Å².